The molecule has 1 aromatic carbocycles. The maximum Gasteiger partial charge on any atom is 0.123 e. The quantitative estimate of drug-likeness (QED) is 0.649. The molecule has 0 bridgehead atoms. The molecule has 1 nitrogen and oxygen atoms in total. The molecule has 1 unspecified atom stereocenters. The Hall–Kier alpha value is -0.890. The average Bonchev–Trinajstić information content (AvgIpc) is 2.40. The molecule has 0 aliphatic carbocycles. The van der Waals surface area contributed by atoms with Gasteiger partial charge in [-0.05, 0) is 49.5 Å². The van der Waals surface area contributed by atoms with Crippen LogP contribution in [0.5, 0.6) is 0 Å². The third kappa shape index (κ3) is 6.15. The SMILES string of the molecule is CCCCC(CC)CNCCc1ccc(F)cc1. The summed E-state index contributed by atoms with van der Waals surface area (Å²) in [6, 6.07) is 6.80. The maximum absolute atomic E-state index is 12.7. The van der Waals surface area contributed by atoms with Crippen LogP contribution in [0, 0.1) is 11.7 Å². The van der Waals surface area contributed by atoms with Gasteiger partial charge in [-0.1, -0.05) is 45.2 Å². The molecule has 1 N–H and O–H groups in total. The second-order valence-corrected chi connectivity index (χ2v) is 5.00. The highest BCUT2D eigenvalue weighted by Crippen LogP contribution is 2.11. The first-order chi connectivity index (χ1) is 8.76. The Morgan fingerprint density at radius 1 is 1.17 bits per heavy atom. The number of hydrogen-bond donors (Lipinski definition) is 1. The van der Waals surface area contributed by atoms with Crippen molar-refractivity contribution < 1.29 is 4.39 Å². The summed E-state index contributed by atoms with van der Waals surface area (Å²) < 4.78 is 12.7. The minimum atomic E-state index is -0.155. The molecule has 1 atom stereocenters. The Bertz CT molecular complexity index is 307. The van der Waals surface area contributed by atoms with Crippen LogP contribution in [0.3, 0.4) is 0 Å². The van der Waals surface area contributed by atoms with E-state index in [0.717, 1.165) is 25.4 Å². The smallest absolute Gasteiger partial charge is 0.123 e. The topological polar surface area (TPSA) is 12.0 Å². The summed E-state index contributed by atoms with van der Waals surface area (Å²) in [5.41, 5.74) is 1.20. The van der Waals surface area contributed by atoms with E-state index in [2.05, 4.69) is 19.2 Å². The molecule has 0 saturated carbocycles. The van der Waals surface area contributed by atoms with Crippen LogP contribution < -0.4 is 5.32 Å². The Labute approximate surface area is 111 Å². The molecule has 0 aliphatic heterocycles. The molecule has 0 fully saturated rings. The third-order valence-corrected chi connectivity index (χ3v) is 3.48. The highest BCUT2D eigenvalue weighted by atomic mass is 19.1. The second kappa shape index (κ2) is 9.09. The predicted molar refractivity (Wildman–Crippen MR) is 76.3 cm³/mol. The number of benzene rings is 1. The lowest BCUT2D eigenvalue weighted by atomic mass is 9.99. The normalized spacial score (nSPS) is 12.6. The molecule has 0 heterocycles. The van der Waals surface area contributed by atoms with Crippen LogP contribution >= 0.6 is 0 Å². The van der Waals surface area contributed by atoms with E-state index in [1.165, 1.54) is 43.4 Å². The van der Waals surface area contributed by atoms with E-state index in [-0.39, 0.29) is 5.82 Å². The molecule has 2 heteroatoms. The Balaban J connectivity index is 2.15. The Kier molecular flexibility index (Phi) is 7.66. The van der Waals surface area contributed by atoms with Gasteiger partial charge in [0.15, 0.2) is 0 Å². The molecule has 0 aliphatic rings. The fourth-order valence-corrected chi connectivity index (χ4v) is 2.13. The van der Waals surface area contributed by atoms with Gasteiger partial charge >= 0.3 is 0 Å². The summed E-state index contributed by atoms with van der Waals surface area (Å²) in [4.78, 5) is 0. The Morgan fingerprint density at radius 2 is 1.89 bits per heavy atom. The molecule has 0 spiro atoms. The third-order valence-electron chi connectivity index (χ3n) is 3.48. The van der Waals surface area contributed by atoms with E-state index < -0.39 is 0 Å². The van der Waals surface area contributed by atoms with E-state index in [9.17, 15) is 4.39 Å². The zero-order chi connectivity index (χ0) is 13.2. The van der Waals surface area contributed by atoms with Crippen LogP contribution in [0.15, 0.2) is 24.3 Å². The summed E-state index contributed by atoms with van der Waals surface area (Å²) in [7, 11) is 0. The first kappa shape index (κ1) is 15.2. The zero-order valence-electron chi connectivity index (χ0n) is 11.7. The van der Waals surface area contributed by atoms with Crippen molar-refractivity contribution in [3.05, 3.63) is 35.6 Å². The largest absolute Gasteiger partial charge is 0.316 e. The number of nitrogens with one attached hydrogen (secondary N) is 1. The van der Waals surface area contributed by atoms with Gasteiger partial charge in [-0.15, -0.1) is 0 Å². The van der Waals surface area contributed by atoms with Crippen LogP contribution in [-0.2, 0) is 6.42 Å². The molecule has 0 saturated heterocycles. The fraction of sp³-hybridized carbons (Fsp3) is 0.625. The fourth-order valence-electron chi connectivity index (χ4n) is 2.13. The molecular weight excluding hydrogens is 225 g/mol. The molecule has 0 radical (unpaired) electrons. The lowest BCUT2D eigenvalue weighted by molar-refractivity contribution is 0.421. The molecule has 0 aromatic heterocycles. The standard InChI is InChI=1S/C16H26FN/c1-3-5-6-14(4-2)13-18-12-11-15-7-9-16(17)10-8-15/h7-10,14,18H,3-6,11-13H2,1-2H3. The summed E-state index contributed by atoms with van der Waals surface area (Å²) in [6.07, 6.45) is 6.18. The summed E-state index contributed by atoms with van der Waals surface area (Å²) in [5, 5.41) is 3.51. The summed E-state index contributed by atoms with van der Waals surface area (Å²) in [6.45, 7) is 6.60. The highest BCUT2D eigenvalue weighted by Gasteiger charge is 2.04. The monoisotopic (exact) mass is 251 g/mol. The average molecular weight is 251 g/mol. The first-order valence-corrected chi connectivity index (χ1v) is 7.21. The van der Waals surface area contributed by atoms with Crippen LogP contribution in [0.4, 0.5) is 4.39 Å². The number of hydrogen-bond acceptors (Lipinski definition) is 1. The van der Waals surface area contributed by atoms with Crippen molar-refractivity contribution in [1.82, 2.24) is 5.32 Å². The van der Waals surface area contributed by atoms with Gasteiger partial charge < -0.3 is 5.32 Å². The molecule has 1 rings (SSSR count). The van der Waals surface area contributed by atoms with Crippen molar-refractivity contribution in [2.45, 2.75) is 46.0 Å². The van der Waals surface area contributed by atoms with E-state index >= 15 is 0 Å². The lowest BCUT2D eigenvalue weighted by Gasteiger charge is -2.15. The van der Waals surface area contributed by atoms with E-state index in [0.29, 0.717) is 0 Å². The second-order valence-electron chi connectivity index (χ2n) is 5.00. The van der Waals surface area contributed by atoms with Gasteiger partial charge in [0.1, 0.15) is 5.82 Å². The molecule has 1 aromatic rings. The highest BCUT2D eigenvalue weighted by molar-refractivity contribution is 5.16. The van der Waals surface area contributed by atoms with Crippen molar-refractivity contribution in [3.63, 3.8) is 0 Å². The van der Waals surface area contributed by atoms with Gasteiger partial charge in [0.25, 0.3) is 0 Å². The number of unbranched alkanes of at least 4 members (excludes halogenated alkanes) is 1. The maximum atomic E-state index is 12.7. The Morgan fingerprint density at radius 3 is 2.50 bits per heavy atom. The van der Waals surface area contributed by atoms with Crippen molar-refractivity contribution in [3.8, 4) is 0 Å². The minimum absolute atomic E-state index is 0.155. The van der Waals surface area contributed by atoms with Crippen molar-refractivity contribution in [2.75, 3.05) is 13.1 Å². The minimum Gasteiger partial charge on any atom is -0.316 e. The van der Waals surface area contributed by atoms with E-state index in [4.69, 9.17) is 0 Å². The predicted octanol–water partition coefficient (Wildman–Crippen LogP) is 4.17. The molecular formula is C16H26FN. The summed E-state index contributed by atoms with van der Waals surface area (Å²) >= 11 is 0. The first-order valence-electron chi connectivity index (χ1n) is 7.21. The van der Waals surface area contributed by atoms with Gasteiger partial charge in [-0.3, -0.25) is 0 Å². The van der Waals surface area contributed by atoms with Gasteiger partial charge in [0.05, 0.1) is 0 Å². The van der Waals surface area contributed by atoms with Crippen LogP contribution in [0.1, 0.15) is 45.1 Å². The van der Waals surface area contributed by atoms with Crippen LogP contribution in [-0.4, -0.2) is 13.1 Å². The van der Waals surface area contributed by atoms with Crippen LogP contribution in [0.25, 0.3) is 0 Å². The van der Waals surface area contributed by atoms with Gasteiger partial charge in [-0.2, -0.15) is 0 Å². The lowest BCUT2D eigenvalue weighted by Crippen LogP contribution is -2.24. The molecule has 0 amide bonds. The van der Waals surface area contributed by atoms with Gasteiger partial charge in [0.2, 0.25) is 0 Å². The van der Waals surface area contributed by atoms with Crippen molar-refractivity contribution in [2.24, 2.45) is 5.92 Å². The molecule has 18 heavy (non-hydrogen) atoms. The number of halogens is 1. The van der Waals surface area contributed by atoms with Gasteiger partial charge in [-0.25, -0.2) is 4.39 Å². The summed E-state index contributed by atoms with van der Waals surface area (Å²) in [5.74, 6) is 0.649. The van der Waals surface area contributed by atoms with Crippen molar-refractivity contribution >= 4 is 0 Å². The van der Waals surface area contributed by atoms with Gasteiger partial charge in [0, 0.05) is 0 Å². The zero-order valence-corrected chi connectivity index (χ0v) is 11.7. The molecule has 102 valence electrons. The van der Waals surface area contributed by atoms with Crippen LogP contribution in [0.2, 0.25) is 0 Å². The number of rotatable bonds is 9. The van der Waals surface area contributed by atoms with E-state index in [1.54, 1.807) is 0 Å². The van der Waals surface area contributed by atoms with E-state index in [1.807, 2.05) is 12.1 Å². The van der Waals surface area contributed by atoms with Crippen molar-refractivity contribution in [1.29, 1.82) is 0 Å².